The number of rotatable bonds is 8. The molecule has 236 valence electrons. The summed E-state index contributed by atoms with van der Waals surface area (Å²) < 4.78 is 24.9. The first-order chi connectivity index (χ1) is 24.7. The van der Waals surface area contributed by atoms with Crippen LogP contribution in [-0.4, -0.2) is 29.9 Å². The van der Waals surface area contributed by atoms with Crippen LogP contribution in [-0.2, 0) is 0 Å². The molecule has 12 nitrogen and oxygen atoms in total. The number of hydrogen-bond donors (Lipinski definition) is 0. The average molecular weight is 653 g/mol. The maximum Gasteiger partial charge on any atom is 0.307 e. The van der Waals surface area contributed by atoms with E-state index in [0.717, 1.165) is 0 Å². The fourth-order valence-electron chi connectivity index (χ4n) is 5.05. The molecule has 0 radical (unpaired) electrons. The summed E-state index contributed by atoms with van der Waals surface area (Å²) in [7, 11) is 0. The van der Waals surface area contributed by atoms with Crippen molar-refractivity contribution in [1.82, 2.24) is 29.9 Å². The molecule has 8 rings (SSSR count). The van der Waals surface area contributed by atoms with Crippen LogP contribution in [0.2, 0.25) is 0 Å². The molecule has 0 aliphatic heterocycles. The van der Waals surface area contributed by atoms with Crippen molar-refractivity contribution in [2.24, 2.45) is 0 Å². The van der Waals surface area contributed by atoms with Crippen molar-refractivity contribution >= 4 is 38.9 Å². The van der Waals surface area contributed by atoms with E-state index in [0.29, 0.717) is 23.0 Å². The Hall–Kier alpha value is -7.70. The zero-order valence-electron chi connectivity index (χ0n) is 25.8. The molecule has 0 aliphatic rings. The number of ether oxygens (including phenoxy) is 4. The van der Waals surface area contributed by atoms with Gasteiger partial charge in [-0.05, 0) is 48.5 Å². The Labute approximate surface area is 283 Å². The van der Waals surface area contributed by atoms with Gasteiger partial charge in [0.05, 0.1) is 0 Å². The SMILES string of the molecule is [C-]#[N+]c1nc2c(nc1C#N)c1nc(Oc3ccccc3)c(Oc3ccccc3)nc1c1nc(Oc3ccccc3)c(Oc3ccccc3)nc21. The maximum absolute atomic E-state index is 9.90. The van der Waals surface area contributed by atoms with Crippen LogP contribution in [0.1, 0.15) is 5.69 Å². The summed E-state index contributed by atoms with van der Waals surface area (Å²) in [6, 6.07) is 38.1. The molecule has 0 atom stereocenters. The molecule has 0 saturated carbocycles. The Morgan fingerprint density at radius 3 is 0.980 bits per heavy atom. The van der Waals surface area contributed by atoms with Gasteiger partial charge < -0.3 is 23.8 Å². The van der Waals surface area contributed by atoms with Crippen LogP contribution in [0.15, 0.2) is 121 Å². The third kappa shape index (κ3) is 5.72. The van der Waals surface area contributed by atoms with Gasteiger partial charge in [0.15, 0.2) is 5.69 Å². The minimum Gasteiger partial charge on any atom is -0.435 e. The van der Waals surface area contributed by atoms with E-state index >= 15 is 0 Å². The molecule has 0 unspecified atom stereocenters. The van der Waals surface area contributed by atoms with Crippen LogP contribution >= 0.6 is 0 Å². The third-order valence-electron chi connectivity index (χ3n) is 7.26. The van der Waals surface area contributed by atoms with E-state index < -0.39 is 0 Å². The van der Waals surface area contributed by atoms with Gasteiger partial charge in [-0.2, -0.15) is 5.26 Å². The van der Waals surface area contributed by atoms with Crippen LogP contribution in [0.25, 0.3) is 37.9 Å². The molecule has 3 heterocycles. The van der Waals surface area contributed by atoms with Gasteiger partial charge in [-0.15, -0.1) is 4.98 Å². The van der Waals surface area contributed by atoms with Crippen LogP contribution < -0.4 is 18.9 Å². The van der Waals surface area contributed by atoms with E-state index in [2.05, 4.69) is 14.8 Å². The van der Waals surface area contributed by atoms with Crippen molar-refractivity contribution in [3.05, 3.63) is 138 Å². The van der Waals surface area contributed by atoms with Crippen molar-refractivity contribution in [2.45, 2.75) is 0 Å². The highest BCUT2D eigenvalue weighted by atomic mass is 16.5. The fourth-order valence-corrected chi connectivity index (χ4v) is 5.05. The Morgan fingerprint density at radius 1 is 0.420 bits per heavy atom. The third-order valence-corrected chi connectivity index (χ3v) is 7.26. The standard InChI is InChI=1S/C38H20N8O4/c1-40-34-27(22-39)41-28-29(42-34)31-33(46-38(50-26-20-12-5-13-21-26)36(44-31)48-24-16-8-3-9-17-24)32-30(28)43-35(47-23-14-6-2-7-15-23)37(45-32)49-25-18-10-4-11-19-25/h2-21H. The Morgan fingerprint density at radius 2 is 0.700 bits per heavy atom. The highest BCUT2D eigenvalue weighted by Gasteiger charge is 2.27. The molecule has 50 heavy (non-hydrogen) atoms. The summed E-state index contributed by atoms with van der Waals surface area (Å²) in [6.45, 7) is 7.70. The van der Waals surface area contributed by atoms with Crippen LogP contribution in [0.3, 0.4) is 0 Å². The second-order valence-electron chi connectivity index (χ2n) is 10.5. The van der Waals surface area contributed by atoms with Crippen molar-refractivity contribution in [3.63, 3.8) is 0 Å². The molecule has 0 N–H and O–H groups in total. The van der Waals surface area contributed by atoms with E-state index in [1.165, 1.54) is 0 Å². The molecule has 0 aliphatic carbocycles. The minimum atomic E-state index is -0.213. The summed E-state index contributed by atoms with van der Waals surface area (Å²) in [5, 5.41) is 9.90. The molecule has 3 aromatic heterocycles. The van der Waals surface area contributed by atoms with Gasteiger partial charge >= 0.3 is 5.82 Å². The van der Waals surface area contributed by atoms with E-state index in [1.807, 2.05) is 78.9 Å². The lowest BCUT2D eigenvalue weighted by Gasteiger charge is -2.15. The number of benzene rings is 5. The van der Waals surface area contributed by atoms with Gasteiger partial charge in [0, 0.05) is 0 Å². The van der Waals surface area contributed by atoms with Gasteiger partial charge in [0.1, 0.15) is 56.7 Å². The lowest BCUT2D eigenvalue weighted by molar-refractivity contribution is 0.394. The lowest BCUT2D eigenvalue weighted by atomic mass is 10.2. The van der Waals surface area contributed by atoms with Crippen LogP contribution in [0.4, 0.5) is 5.82 Å². The quantitative estimate of drug-likeness (QED) is 0.114. The molecule has 0 bridgehead atoms. The highest BCUT2D eigenvalue weighted by molar-refractivity contribution is 6.18. The number of para-hydroxylation sites is 4. The molecule has 12 heteroatoms. The van der Waals surface area contributed by atoms with E-state index in [4.69, 9.17) is 45.5 Å². The molecule has 8 aromatic rings. The molecule has 0 saturated heterocycles. The zero-order chi connectivity index (χ0) is 33.9. The summed E-state index contributed by atoms with van der Waals surface area (Å²) in [5.41, 5.74) is 0.849. The van der Waals surface area contributed by atoms with Crippen LogP contribution in [0, 0.1) is 17.9 Å². The maximum atomic E-state index is 9.90. The summed E-state index contributed by atoms with van der Waals surface area (Å²) >= 11 is 0. The van der Waals surface area contributed by atoms with Gasteiger partial charge in [-0.1, -0.05) is 79.4 Å². The summed E-state index contributed by atoms with van der Waals surface area (Å²) in [4.78, 5) is 32.0. The number of nitriles is 1. The minimum absolute atomic E-state index is 0.0144. The smallest absolute Gasteiger partial charge is 0.307 e. The van der Waals surface area contributed by atoms with Crippen molar-refractivity contribution < 1.29 is 18.9 Å². The van der Waals surface area contributed by atoms with E-state index in [1.54, 1.807) is 48.5 Å². The van der Waals surface area contributed by atoms with Crippen molar-refractivity contribution in [2.75, 3.05) is 0 Å². The first-order valence-corrected chi connectivity index (χ1v) is 15.1. The van der Waals surface area contributed by atoms with Gasteiger partial charge in [-0.3, -0.25) is 0 Å². The van der Waals surface area contributed by atoms with Gasteiger partial charge in [0.25, 0.3) is 23.5 Å². The predicted octanol–water partition coefficient (Wildman–Crippen LogP) is 9.11. The topological polar surface area (TPSA) is 142 Å². The summed E-state index contributed by atoms with van der Waals surface area (Å²) in [6.07, 6.45) is 0. The molecule has 0 spiro atoms. The van der Waals surface area contributed by atoms with Crippen molar-refractivity contribution in [1.29, 1.82) is 5.26 Å². The number of nitrogens with zero attached hydrogens (tertiary/aromatic N) is 8. The second kappa shape index (κ2) is 12.8. The average Bonchev–Trinajstić information content (AvgIpc) is 3.17. The number of fused-ring (bicyclic) bond motifs is 6. The predicted molar refractivity (Wildman–Crippen MR) is 183 cm³/mol. The second-order valence-corrected chi connectivity index (χ2v) is 10.5. The molecular formula is C38H20N8O4. The number of aromatic nitrogens is 6. The van der Waals surface area contributed by atoms with Crippen molar-refractivity contribution in [3.8, 4) is 52.6 Å². The Kier molecular flexibility index (Phi) is 7.62. The van der Waals surface area contributed by atoms with Crippen LogP contribution in [0.5, 0.6) is 46.5 Å². The largest absolute Gasteiger partial charge is 0.435 e. The van der Waals surface area contributed by atoms with Gasteiger partial charge in [-0.25, -0.2) is 24.9 Å². The zero-order valence-corrected chi connectivity index (χ0v) is 25.8. The fraction of sp³-hybridized carbons (Fsp3) is 0. The first-order valence-electron chi connectivity index (χ1n) is 15.1. The molecular weight excluding hydrogens is 632 g/mol. The monoisotopic (exact) mass is 652 g/mol. The lowest BCUT2D eigenvalue weighted by Crippen LogP contribution is -2.04. The summed E-state index contributed by atoms with van der Waals surface area (Å²) in [5.74, 6) is 1.78. The van der Waals surface area contributed by atoms with Gasteiger partial charge in [0.2, 0.25) is 5.52 Å². The van der Waals surface area contributed by atoms with E-state index in [9.17, 15) is 5.26 Å². The molecule has 5 aromatic carbocycles. The number of hydrogen-bond acceptors (Lipinski definition) is 11. The molecule has 0 fully saturated rings. The Balaban J connectivity index is 1.46. The normalized spacial score (nSPS) is 10.8. The highest BCUT2D eigenvalue weighted by Crippen LogP contribution is 2.41. The Bertz CT molecular complexity index is 2430. The van der Waals surface area contributed by atoms with E-state index in [-0.39, 0.29) is 68.1 Å². The first kappa shape index (κ1) is 29.7. The molecule has 0 amide bonds.